The number of aliphatic hydroxyl groups is 1. The van der Waals surface area contributed by atoms with E-state index in [1.165, 1.54) is 5.56 Å². The van der Waals surface area contributed by atoms with E-state index in [1.54, 1.807) is 0 Å². The quantitative estimate of drug-likeness (QED) is 0.843. The Morgan fingerprint density at radius 2 is 1.85 bits per heavy atom. The highest BCUT2D eigenvalue weighted by Crippen LogP contribution is 2.25. The molecule has 72 valence electrons. The SMILES string of the molecule is Cc1cc(Br)cc(C(O)C(C)C)c1. The van der Waals surface area contributed by atoms with Crippen LogP contribution in [0.4, 0.5) is 0 Å². The summed E-state index contributed by atoms with van der Waals surface area (Å²) in [5.41, 5.74) is 2.16. The Hall–Kier alpha value is -0.340. The van der Waals surface area contributed by atoms with Gasteiger partial charge in [-0.25, -0.2) is 0 Å². The van der Waals surface area contributed by atoms with Crippen LogP contribution in [-0.2, 0) is 0 Å². The molecular weight excluding hydrogens is 228 g/mol. The lowest BCUT2D eigenvalue weighted by atomic mass is 9.98. The van der Waals surface area contributed by atoms with Crippen LogP contribution < -0.4 is 0 Å². The van der Waals surface area contributed by atoms with Gasteiger partial charge in [-0.1, -0.05) is 35.8 Å². The van der Waals surface area contributed by atoms with Crippen LogP contribution in [0.2, 0.25) is 0 Å². The normalized spacial score (nSPS) is 13.4. The first-order valence-electron chi connectivity index (χ1n) is 4.46. The highest BCUT2D eigenvalue weighted by Gasteiger charge is 2.12. The van der Waals surface area contributed by atoms with E-state index in [2.05, 4.69) is 15.9 Å². The zero-order chi connectivity index (χ0) is 10.0. The molecule has 0 saturated carbocycles. The first-order chi connectivity index (χ1) is 6.00. The smallest absolute Gasteiger partial charge is 0.0813 e. The maximum Gasteiger partial charge on any atom is 0.0813 e. The van der Waals surface area contributed by atoms with Crippen molar-refractivity contribution in [3.63, 3.8) is 0 Å². The summed E-state index contributed by atoms with van der Waals surface area (Å²) in [6.07, 6.45) is -0.365. The standard InChI is InChI=1S/C11H15BrO/c1-7(2)11(13)9-4-8(3)5-10(12)6-9/h4-7,11,13H,1-3H3. The summed E-state index contributed by atoms with van der Waals surface area (Å²) in [6, 6.07) is 6.03. The molecule has 2 heteroatoms. The summed E-state index contributed by atoms with van der Waals surface area (Å²) < 4.78 is 1.03. The Labute approximate surface area is 87.9 Å². The van der Waals surface area contributed by atoms with Crippen LogP contribution >= 0.6 is 15.9 Å². The summed E-state index contributed by atoms with van der Waals surface area (Å²) in [6.45, 7) is 6.06. The highest BCUT2D eigenvalue weighted by atomic mass is 79.9. The van der Waals surface area contributed by atoms with Crippen molar-refractivity contribution in [3.05, 3.63) is 33.8 Å². The van der Waals surface area contributed by atoms with Crippen molar-refractivity contribution in [2.24, 2.45) is 5.92 Å². The fraction of sp³-hybridized carbons (Fsp3) is 0.455. The number of hydrogen-bond acceptors (Lipinski definition) is 1. The molecule has 1 aromatic rings. The fourth-order valence-corrected chi connectivity index (χ4v) is 1.95. The monoisotopic (exact) mass is 242 g/mol. The second-order valence-electron chi connectivity index (χ2n) is 3.75. The minimum absolute atomic E-state index is 0.258. The molecule has 0 aliphatic rings. The molecule has 1 N–H and O–H groups in total. The molecule has 1 rings (SSSR count). The lowest BCUT2D eigenvalue weighted by Crippen LogP contribution is -2.05. The molecule has 13 heavy (non-hydrogen) atoms. The van der Waals surface area contributed by atoms with Gasteiger partial charge in [0.1, 0.15) is 0 Å². The van der Waals surface area contributed by atoms with E-state index in [0.29, 0.717) is 0 Å². The lowest BCUT2D eigenvalue weighted by molar-refractivity contribution is 0.127. The van der Waals surface area contributed by atoms with Crippen LogP contribution in [0.25, 0.3) is 0 Å². The van der Waals surface area contributed by atoms with Crippen molar-refractivity contribution in [1.29, 1.82) is 0 Å². The van der Waals surface area contributed by atoms with Crippen molar-refractivity contribution < 1.29 is 5.11 Å². The van der Waals surface area contributed by atoms with Gasteiger partial charge in [0.05, 0.1) is 6.10 Å². The first kappa shape index (κ1) is 10.7. The molecule has 0 radical (unpaired) electrons. The first-order valence-corrected chi connectivity index (χ1v) is 5.25. The van der Waals surface area contributed by atoms with E-state index in [-0.39, 0.29) is 12.0 Å². The molecule has 0 spiro atoms. The van der Waals surface area contributed by atoms with Gasteiger partial charge in [0.15, 0.2) is 0 Å². The number of aryl methyl sites for hydroxylation is 1. The summed E-state index contributed by atoms with van der Waals surface area (Å²) in [7, 11) is 0. The van der Waals surface area contributed by atoms with E-state index < -0.39 is 0 Å². The summed E-state index contributed by atoms with van der Waals surface area (Å²) in [5.74, 6) is 0.258. The van der Waals surface area contributed by atoms with Crippen molar-refractivity contribution in [2.45, 2.75) is 26.9 Å². The fourth-order valence-electron chi connectivity index (χ4n) is 1.32. The molecule has 0 bridgehead atoms. The molecule has 1 aromatic carbocycles. The average molecular weight is 243 g/mol. The van der Waals surface area contributed by atoms with Crippen molar-refractivity contribution in [3.8, 4) is 0 Å². The van der Waals surface area contributed by atoms with Gasteiger partial charge in [0.2, 0.25) is 0 Å². The second-order valence-corrected chi connectivity index (χ2v) is 4.67. The maximum atomic E-state index is 9.83. The van der Waals surface area contributed by atoms with Crippen LogP contribution in [0.15, 0.2) is 22.7 Å². The van der Waals surface area contributed by atoms with Gasteiger partial charge in [0, 0.05) is 4.47 Å². The highest BCUT2D eigenvalue weighted by molar-refractivity contribution is 9.10. The van der Waals surface area contributed by atoms with E-state index in [4.69, 9.17) is 0 Å². The topological polar surface area (TPSA) is 20.2 Å². The zero-order valence-electron chi connectivity index (χ0n) is 8.21. The largest absolute Gasteiger partial charge is 0.388 e. The Kier molecular flexibility index (Phi) is 3.51. The Morgan fingerprint density at radius 1 is 1.23 bits per heavy atom. The number of rotatable bonds is 2. The third kappa shape index (κ3) is 2.82. The molecule has 0 aromatic heterocycles. The van der Waals surface area contributed by atoms with Crippen LogP contribution in [0, 0.1) is 12.8 Å². The predicted molar refractivity (Wildman–Crippen MR) is 58.7 cm³/mol. The third-order valence-electron chi connectivity index (χ3n) is 2.04. The third-order valence-corrected chi connectivity index (χ3v) is 2.50. The van der Waals surface area contributed by atoms with Gasteiger partial charge < -0.3 is 5.11 Å². The van der Waals surface area contributed by atoms with Crippen molar-refractivity contribution in [1.82, 2.24) is 0 Å². The average Bonchev–Trinajstić information content (AvgIpc) is 2.01. The summed E-state index contributed by atoms with van der Waals surface area (Å²) in [5, 5.41) is 9.83. The molecule has 1 atom stereocenters. The Balaban J connectivity index is 3.01. The van der Waals surface area contributed by atoms with Gasteiger partial charge in [-0.3, -0.25) is 0 Å². The Bertz CT molecular complexity index is 274. The van der Waals surface area contributed by atoms with Crippen molar-refractivity contribution >= 4 is 15.9 Å². The van der Waals surface area contributed by atoms with Crippen LogP contribution in [0.1, 0.15) is 31.1 Å². The van der Waals surface area contributed by atoms with Gasteiger partial charge in [-0.05, 0) is 36.1 Å². The van der Waals surface area contributed by atoms with Crippen LogP contribution in [-0.4, -0.2) is 5.11 Å². The molecule has 0 aliphatic heterocycles. The molecule has 1 unspecified atom stereocenters. The minimum Gasteiger partial charge on any atom is -0.388 e. The molecule has 0 amide bonds. The number of aliphatic hydroxyl groups excluding tert-OH is 1. The molecule has 0 aliphatic carbocycles. The molecule has 0 fully saturated rings. The molecule has 0 saturated heterocycles. The number of hydrogen-bond donors (Lipinski definition) is 1. The van der Waals surface area contributed by atoms with E-state index in [0.717, 1.165) is 10.0 Å². The van der Waals surface area contributed by atoms with Crippen molar-refractivity contribution in [2.75, 3.05) is 0 Å². The van der Waals surface area contributed by atoms with Gasteiger partial charge in [-0.2, -0.15) is 0 Å². The lowest BCUT2D eigenvalue weighted by Gasteiger charge is -2.15. The number of halogens is 1. The molecule has 1 nitrogen and oxygen atoms in total. The Morgan fingerprint density at radius 3 is 2.31 bits per heavy atom. The summed E-state index contributed by atoms with van der Waals surface area (Å²) >= 11 is 3.42. The maximum absolute atomic E-state index is 9.83. The molecule has 0 heterocycles. The second kappa shape index (κ2) is 4.25. The van der Waals surface area contributed by atoms with E-state index in [9.17, 15) is 5.11 Å². The predicted octanol–water partition coefficient (Wildman–Crippen LogP) is 3.45. The van der Waals surface area contributed by atoms with Gasteiger partial charge >= 0.3 is 0 Å². The minimum atomic E-state index is -0.365. The molecular formula is C11H15BrO. The summed E-state index contributed by atoms with van der Waals surface area (Å²) in [4.78, 5) is 0. The van der Waals surface area contributed by atoms with E-state index in [1.807, 2.05) is 39.0 Å². The number of benzene rings is 1. The van der Waals surface area contributed by atoms with Crippen LogP contribution in [0.3, 0.4) is 0 Å². The van der Waals surface area contributed by atoms with E-state index >= 15 is 0 Å². The van der Waals surface area contributed by atoms with Crippen LogP contribution in [0.5, 0.6) is 0 Å². The van der Waals surface area contributed by atoms with Gasteiger partial charge in [-0.15, -0.1) is 0 Å². The van der Waals surface area contributed by atoms with Gasteiger partial charge in [0.25, 0.3) is 0 Å². The zero-order valence-corrected chi connectivity index (χ0v) is 9.80.